The molecule has 0 aliphatic carbocycles. The summed E-state index contributed by atoms with van der Waals surface area (Å²) in [4.78, 5) is 4.78. The van der Waals surface area contributed by atoms with Gasteiger partial charge in [0.2, 0.25) is 0 Å². The molecule has 0 unspecified atom stereocenters. The quantitative estimate of drug-likeness (QED) is 0.563. The molecule has 2 heterocycles. The van der Waals surface area contributed by atoms with E-state index in [2.05, 4.69) is 23.9 Å². The van der Waals surface area contributed by atoms with E-state index in [0.717, 1.165) is 42.2 Å². The van der Waals surface area contributed by atoms with Crippen molar-refractivity contribution < 1.29 is 9.13 Å². The van der Waals surface area contributed by atoms with Crippen molar-refractivity contribution in [2.24, 2.45) is 5.92 Å². The summed E-state index contributed by atoms with van der Waals surface area (Å²) in [5.74, 6) is 1.20. The van der Waals surface area contributed by atoms with Crippen LogP contribution in [0.1, 0.15) is 18.4 Å². The highest BCUT2D eigenvalue weighted by molar-refractivity contribution is 5.64. The minimum absolute atomic E-state index is 0.281. The van der Waals surface area contributed by atoms with E-state index in [-0.39, 0.29) is 5.82 Å². The first kappa shape index (κ1) is 21.5. The third kappa shape index (κ3) is 5.14. The van der Waals surface area contributed by atoms with E-state index in [1.54, 1.807) is 23.9 Å². The molecule has 164 valence electrons. The van der Waals surface area contributed by atoms with Crippen LogP contribution < -0.4 is 4.74 Å². The number of ether oxygens (including phenoxy) is 1. The van der Waals surface area contributed by atoms with Gasteiger partial charge < -0.3 is 14.5 Å². The van der Waals surface area contributed by atoms with E-state index in [9.17, 15) is 4.39 Å². The van der Waals surface area contributed by atoms with Gasteiger partial charge in [-0.25, -0.2) is 9.07 Å². The monoisotopic (exact) mass is 422 g/mol. The predicted molar refractivity (Wildman–Crippen MR) is 122 cm³/mol. The average molecular weight is 423 g/mol. The molecule has 1 atom stereocenters. The van der Waals surface area contributed by atoms with E-state index < -0.39 is 0 Å². The Hall–Kier alpha value is -2.70. The van der Waals surface area contributed by atoms with Crippen LogP contribution in [0.15, 0.2) is 54.7 Å². The van der Waals surface area contributed by atoms with E-state index in [1.807, 2.05) is 36.5 Å². The molecule has 31 heavy (non-hydrogen) atoms. The minimum atomic E-state index is -0.281. The molecule has 1 saturated heterocycles. The zero-order valence-electron chi connectivity index (χ0n) is 18.6. The van der Waals surface area contributed by atoms with Crippen LogP contribution in [0.2, 0.25) is 0 Å². The first-order chi connectivity index (χ1) is 15.0. The summed E-state index contributed by atoms with van der Waals surface area (Å²) in [5, 5.41) is 4.78. The summed E-state index contributed by atoms with van der Waals surface area (Å²) in [6.45, 7) is 4.13. The van der Waals surface area contributed by atoms with Gasteiger partial charge in [-0.15, -0.1) is 0 Å². The summed E-state index contributed by atoms with van der Waals surface area (Å²) in [5.41, 5.74) is 3.41. The number of hydrogen-bond donors (Lipinski definition) is 0. The Morgan fingerprint density at radius 3 is 2.65 bits per heavy atom. The van der Waals surface area contributed by atoms with Gasteiger partial charge >= 0.3 is 0 Å². The van der Waals surface area contributed by atoms with Crippen LogP contribution >= 0.6 is 0 Å². The van der Waals surface area contributed by atoms with Crippen LogP contribution in [0.25, 0.3) is 16.9 Å². The van der Waals surface area contributed by atoms with Gasteiger partial charge in [0.15, 0.2) is 0 Å². The lowest BCUT2D eigenvalue weighted by Gasteiger charge is -2.32. The lowest BCUT2D eigenvalue weighted by atomic mass is 9.98. The van der Waals surface area contributed by atoms with Crippen LogP contribution in [0.4, 0.5) is 4.39 Å². The summed E-state index contributed by atoms with van der Waals surface area (Å²) in [6.07, 6.45) is 4.49. The van der Waals surface area contributed by atoms with Crippen molar-refractivity contribution in [2.45, 2.75) is 19.4 Å². The normalized spacial score (nSPS) is 17.3. The molecule has 1 fully saturated rings. The number of aromatic nitrogens is 2. The standard InChI is InChI=1S/C25H31FN4O/c1-28-14-6-7-19(15-28)16-29(2)17-21-18-30(24-9-5-4-8-23(24)26)27-25(21)20-10-12-22(31-3)13-11-20/h4-5,8-13,18-19H,6-7,14-17H2,1-3H3/t19-/m0/s1. The van der Waals surface area contributed by atoms with Gasteiger partial charge in [0, 0.05) is 37.0 Å². The zero-order valence-corrected chi connectivity index (χ0v) is 18.6. The molecular weight excluding hydrogens is 391 g/mol. The molecule has 3 aromatic rings. The third-order valence-corrected chi connectivity index (χ3v) is 5.98. The number of nitrogens with zero attached hydrogens (tertiary/aromatic N) is 4. The fourth-order valence-electron chi connectivity index (χ4n) is 4.50. The van der Waals surface area contributed by atoms with Crippen LogP contribution in [-0.2, 0) is 6.54 Å². The van der Waals surface area contributed by atoms with Crippen molar-refractivity contribution in [1.82, 2.24) is 19.6 Å². The Morgan fingerprint density at radius 1 is 1.16 bits per heavy atom. The second kappa shape index (κ2) is 9.62. The number of para-hydroxylation sites is 1. The number of hydrogen-bond acceptors (Lipinski definition) is 4. The molecule has 0 amide bonds. The number of likely N-dealkylation sites (tertiary alicyclic amines) is 1. The van der Waals surface area contributed by atoms with Crippen LogP contribution in [-0.4, -0.2) is 60.4 Å². The first-order valence-corrected chi connectivity index (χ1v) is 10.9. The molecule has 4 rings (SSSR count). The molecule has 2 aromatic carbocycles. The third-order valence-electron chi connectivity index (χ3n) is 5.98. The minimum Gasteiger partial charge on any atom is -0.497 e. The van der Waals surface area contributed by atoms with Gasteiger partial charge in [-0.1, -0.05) is 12.1 Å². The largest absolute Gasteiger partial charge is 0.497 e. The molecule has 5 nitrogen and oxygen atoms in total. The summed E-state index contributed by atoms with van der Waals surface area (Å²) in [6, 6.07) is 14.6. The molecule has 0 saturated carbocycles. The van der Waals surface area contributed by atoms with Crippen molar-refractivity contribution in [3.63, 3.8) is 0 Å². The number of rotatable bonds is 7. The molecule has 1 aliphatic heterocycles. The molecule has 0 bridgehead atoms. The zero-order chi connectivity index (χ0) is 21.8. The van der Waals surface area contributed by atoms with Crippen molar-refractivity contribution in [3.8, 4) is 22.7 Å². The molecular formula is C25H31FN4O. The fraction of sp³-hybridized carbons (Fsp3) is 0.400. The number of methoxy groups -OCH3 is 1. The highest BCUT2D eigenvalue weighted by atomic mass is 19.1. The molecule has 1 aromatic heterocycles. The molecule has 0 N–H and O–H groups in total. The Labute approximate surface area is 184 Å². The predicted octanol–water partition coefficient (Wildman–Crippen LogP) is 4.46. The lowest BCUT2D eigenvalue weighted by Crippen LogP contribution is -2.37. The van der Waals surface area contributed by atoms with Crippen molar-refractivity contribution in [3.05, 3.63) is 66.1 Å². The van der Waals surface area contributed by atoms with Gasteiger partial charge in [-0.3, -0.25) is 0 Å². The number of piperidine rings is 1. The van der Waals surface area contributed by atoms with Crippen LogP contribution in [0, 0.1) is 11.7 Å². The van der Waals surface area contributed by atoms with E-state index in [4.69, 9.17) is 9.84 Å². The second-order valence-electron chi connectivity index (χ2n) is 8.59. The van der Waals surface area contributed by atoms with Gasteiger partial charge in [-0.2, -0.15) is 5.10 Å². The average Bonchev–Trinajstić information content (AvgIpc) is 3.17. The highest BCUT2D eigenvalue weighted by Crippen LogP contribution is 2.28. The molecule has 0 radical (unpaired) electrons. The summed E-state index contributed by atoms with van der Waals surface area (Å²) in [7, 11) is 6.02. The number of benzene rings is 2. The molecule has 1 aliphatic rings. The summed E-state index contributed by atoms with van der Waals surface area (Å²) < 4.78 is 21.4. The second-order valence-corrected chi connectivity index (χ2v) is 8.59. The maximum Gasteiger partial charge on any atom is 0.148 e. The first-order valence-electron chi connectivity index (χ1n) is 10.9. The fourth-order valence-corrected chi connectivity index (χ4v) is 4.50. The van der Waals surface area contributed by atoms with Gasteiger partial charge in [0.05, 0.1) is 12.8 Å². The highest BCUT2D eigenvalue weighted by Gasteiger charge is 2.21. The SMILES string of the molecule is COc1ccc(-c2nn(-c3ccccc3F)cc2CN(C)C[C@H]2CCCN(C)C2)cc1. The van der Waals surface area contributed by atoms with Gasteiger partial charge in [0.25, 0.3) is 0 Å². The maximum atomic E-state index is 14.4. The van der Waals surface area contributed by atoms with Crippen molar-refractivity contribution >= 4 is 0 Å². The summed E-state index contributed by atoms with van der Waals surface area (Å²) >= 11 is 0. The lowest BCUT2D eigenvalue weighted by molar-refractivity contribution is 0.164. The smallest absolute Gasteiger partial charge is 0.148 e. The Bertz CT molecular complexity index is 1000. The van der Waals surface area contributed by atoms with E-state index >= 15 is 0 Å². The van der Waals surface area contributed by atoms with Crippen LogP contribution in [0.5, 0.6) is 5.75 Å². The van der Waals surface area contributed by atoms with Crippen LogP contribution in [0.3, 0.4) is 0 Å². The van der Waals surface area contributed by atoms with Gasteiger partial charge in [-0.05, 0) is 75.8 Å². The topological polar surface area (TPSA) is 33.5 Å². The molecule has 6 heteroatoms. The van der Waals surface area contributed by atoms with Crippen molar-refractivity contribution in [2.75, 3.05) is 40.8 Å². The Morgan fingerprint density at radius 2 is 1.94 bits per heavy atom. The van der Waals surface area contributed by atoms with Gasteiger partial charge in [0.1, 0.15) is 17.3 Å². The van der Waals surface area contributed by atoms with E-state index in [0.29, 0.717) is 11.6 Å². The maximum absolute atomic E-state index is 14.4. The van der Waals surface area contributed by atoms with E-state index in [1.165, 1.54) is 25.5 Å². The Kier molecular flexibility index (Phi) is 6.68. The van der Waals surface area contributed by atoms with Crippen molar-refractivity contribution in [1.29, 1.82) is 0 Å². The Balaban J connectivity index is 1.61. The number of halogens is 1. The molecule has 0 spiro atoms.